The summed E-state index contributed by atoms with van der Waals surface area (Å²) in [6, 6.07) is 7.96. The molecule has 92 valence electrons. The van der Waals surface area contributed by atoms with E-state index >= 15 is 0 Å². The molecule has 6 heteroatoms. The van der Waals surface area contributed by atoms with Crippen LogP contribution in [0, 0.1) is 6.92 Å². The zero-order chi connectivity index (χ0) is 13.0. The van der Waals surface area contributed by atoms with Crippen LogP contribution in [0.2, 0.25) is 0 Å². The lowest BCUT2D eigenvalue weighted by Gasteiger charge is -1.99. The van der Waals surface area contributed by atoms with Crippen LogP contribution in [-0.2, 0) is 0 Å². The van der Waals surface area contributed by atoms with Gasteiger partial charge in [0.15, 0.2) is 0 Å². The highest BCUT2D eigenvalue weighted by molar-refractivity contribution is 5.80. The van der Waals surface area contributed by atoms with Crippen molar-refractivity contribution in [1.82, 2.24) is 9.97 Å². The van der Waals surface area contributed by atoms with Crippen LogP contribution in [0.3, 0.4) is 0 Å². The summed E-state index contributed by atoms with van der Waals surface area (Å²) in [5.41, 5.74) is 3.83. The highest BCUT2D eigenvalue weighted by atomic mass is 16.3. The van der Waals surface area contributed by atoms with Crippen LogP contribution in [-0.4, -0.2) is 21.3 Å². The Morgan fingerprint density at radius 2 is 2.11 bits per heavy atom. The molecule has 1 aromatic heterocycles. The zero-order valence-electron chi connectivity index (χ0n) is 9.71. The standard InChI is InChI=1S/C12H12N4O2/c1-8-6-11(18)15-12(14-8)16-13-7-9-2-4-10(17)5-3-9/h2-7,17H,1H3,(H2,14,15,16,18). The van der Waals surface area contributed by atoms with Gasteiger partial charge in [-0.1, -0.05) is 0 Å². The molecule has 2 rings (SSSR count). The van der Waals surface area contributed by atoms with Crippen molar-refractivity contribution in [3.05, 3.63) is 51.9 Å². The van der Waals surface area contributed by atoms with E-state index in [0.717, 1.165) is 5.56 Å². The molecule has 0 saturated heterocycles. The van der Waals surface area contributed by atoms with Crippen LogP contribution >= 0.6 is 0 Å². The zero-order valence-corrected chi connectivity index (χ0v) is 9.71. The van der Waals surface area contributed by atoms with Gasteiger partial charge in [-0.3, -0.25) is 9.78 Å². The molecule has 1 heterocycles. The summed E-state index contributed by atoms with van der Waals surface area (Å²) in [4.78, 5) is 17.7. The average Bonchev–Trinajstić information content (AvgIpc) is 2.30. The van der Waals surface area contributed by atoms with E-state index in [0.29, 0.717) is 5.69 Å². The number of nitrogens with one attached hydrogen (secondary N) is 2. The molecule has 0 fully saturated rings. The van der Waals surface area contributed by atoms with Gasteiger partial charge in [0.25, 0.3) is 5.56 Å². The van der Waals surface area contributed by atoms with Crippen molar-refractivity contribution < 1.29 is 5.11 Å². The number of phenolic OH excluding ortho intramolecular Hbond substituents is 1. The van der Waals surface area contributed by atoms with E-state index in [4.69, 9.17) is 5.11 Å². The minimum atomic E-state index is -0.232. The molecule has 0 atom stereocenters. The Morgan fingerprint density at radius 3 is 2.78 bits per heavy atom. The fraction of sp³-hybridized carbons (Fsp3) is 0.0833. The molecule has 1 aromatic carbocycles. The number of hydrogen-bond acceptors (Lipinski definition) is 5. The summed E-state index contributed by atoms with van der Waals surface area (Å²) in [5, 5.41) is 13.0. The van der Waals surface area contributed by atoms with Crippen molar-refractivity contribution in [2.75, 3.05) is 5.43 Å². The number of phenols is 1. The van der Waals surface area contributed by atoms with E-state index in [-0.39, 0.29) is 17.3 Å². The average molecular weight is 244 g/mol. The first-order chi connectivity index (χ1) is 8.63. The van der Waals surface area contributed by atoms with Crippen LogP contribution in [0.5, 0.6) is 5.75 Å². The number of aromatic hydroxyl groups is 1. The van der Waals surface area contributed by atoms with Crippen molar-refractivity contribution in [1.29, 1.82) is 0 Å². The molecule has 18 heavy (non-hydrogen) atoms. The third-order valence-electron chi connectivity index (χ3n) is 2.15. The van der Waals surface area contributed by atoms with E-state index in [2.05, 4.69) is 20.5 Å². The number of rotatable bonds is 3. The van der Waals surface area contributed by atoms with Gasteiger partial charge in [0, 0.05) is 11.8 Å². The van der Waals surface area contributed by atoms with Gasteiger partial charge in [0.05, 0.1) is 6.21 Å². The number of hydrazone groups is 1. The molecule has 0 amide bonds. The van der Waals surface area contributed by atoms with Gasteiger partial charge in [0.1, 0.15) is 5.75 Å². The number of aromatic nitrogens is 2. The molecule has 2 aromatic rings. The summed E-state index contributed by atoms with van der Waals surface area (Å²) in [5.74, 6) is 0.486. The third-order valence-corrected chi connectivity index (χ3v) is 2.15. The number of hydrogen-bond donors (Lipinski definition) is 3. The smallest absolute Gasteiger partial charge is 0.252 e. The first-order valence-electron chi connectivity index (χ1n) is 5.29. The lowest BCUT2D eigenvalue weighted by molar-refractivity contribution is 0.475. The van der Waals surface area contributed by atoms with Crippen LogP contribution < -0.4 is 11.0 Å². The Morgan fingerprint density at radius 1 is 1.39 bits per heavy atom. The molecular weight excluding hydrogens is 232 g/mol. The molecule has 0 aliphatic heterocycles. The lowest BCUT2D eigenvalue weighted by Crippen LogP contribution is -2.10. The number of aryl methyl sites for hydroxylation is 1. The van der Waals surface area contributed by atoms with Gasteiger partial charge < -0.3 is 5.11 Å². The van der Waals surface area contributed by atoms with E-state index in [1.165, 1.54) is 6.07 Å². The Bertz CT molecular complexity index is 617. The second kappa shape index (κ2) is 5.13. The summed E-state index contributed by atoms with van der Waals surface area (Å²) in [7, 11) is 0. The second-order valence-corrected chi connectivity index (χ2v) is 3.70. The summed E-state index contributed by atoms with van der Waals surface area (Å²) < 4.78 is 0. The van der Waals surface area contributed by atoms with Gasteiger partial charge in [0.2, 0.25) is 5.95 Å². The van der Waals surface area contributed by atoms with Crippen LogP contribution in [0.4, 0.5) is 5.95 Å². The SMILES string of the molecule is Cc1cc(=O)[nH]c(NN=Cc2ccc(O)cc2)n1. The van der Waals surface area contributed by atoms with Gasteiger partial charge in [-0.05, 0) is 36.8 Å². The minimum Gasteiger partial charge on any atom is -0.508 e. The van der Waals surface area contributed by atoms with Gasteiger partial charge in [-0.25, -0.2) is 10.4 Å². The predicted octanol–water partition coefficient (Wildman–Crippen LogP) is 1.23. The maximum atomic E-state index is 11.2. The topological polar surface area (TPSA) is 90.4 Å². The number of anilines is 1. The summed E-state index contributed by atoms with van der Waals surface area (Å²) >= 11 is 0. The van der Waals surface area contributed by atoms with Gasteiger partial charge in [-0.15, -0.1) is 0 Å². The fourth-order valence-electron chi connectivity index (χ4n) is 1.36. The summed E-state index contributed by atoms with van der Waals surface area (Å²) in [6.45, 7) is 1.73. The van der Waals surface area contributed by atoms with E-state index in [1.807, 2.05) is 0 Å². The van der Waals surface area contributed by atoms with Crippen LogP contribution in [0.25, 0.3) is 0 Å². The Balaban J connectivity index is 2.07. The first kappa shape index (κ1) is 11.8. The normalized spacial score (nSPS) is 10.7. The van der Waals surface area contributed by atoms with Crippen molar-refractivity contribution in [3.8, 4) is 5.75 Å². The molecule has 6 nitrogen and oxygen atoms in total. The molecule has 0 spiro atoms. The Hall–Kier alpha value is -2.63. The van der Waals surface area contributed by atoms with Gasteiger partial charge >= 0.3 is 0 Å². The molecule has 3 N–H and O–H groups in total. The molecule has 0 aliphatic carbocycles. The first-order valence-corrected chi connectivity index (χ1v) is 5.29. The maximum absolute atomic E-state index is 11.2. The molecule has 0 unspecified atom stereocenters. The molecule has 0 radical (unpaired) electrons. The monoisotopic (exact) mass is 244 g/mol. The molecule has 0 bridgehead atoms. The second-order valence-electron chi connectivity index (χ2n) is 3.70. The van der Waals surface area contributed by atoms with Crippen LogP contribution in [0.1, 0.15) is 11.3 Å². The van der Waals surface area contributed by atoms with E-state index in [9.17, 15) is 4.79 Å². The van der Waals surface area contributed by atoms with Crippen molar-refractivity contribution in [2.24, 2.45) is 5.10 Å². The van der Waals surface area contributed by atoms with Crippen molar-refractivity contribution >= 4 is 12.2 Å². The van der Waals surface area contributed by atoms with E-state index < -0.39 is 0 Å². The highest BCUT2D eigenvalue weighted by Crippen LogP contribution is 2.07. The lowest BCUT2D eigenvalue weighted by atomic mass is 10.2. The number of aromatic amines is 1. The maximum Gasteiger partial charge on any atom is 0.252 e. The molecular formula is C12H12N4O2. The predicted molar refractivity (Wildman–Crippen MR) is 68.9 cm³/mol. The minimum absolute atomic E-state index is 0.199. The number of nitrogens with zero attached hydrogens (tertiary/aromatic N) is 2. The van der Waals surface area contributed by atoms with Crippen LogP contribution in [0.15, 0.2) is 40.2 Å². The molecule has 0 saturated carbocycles. The molecule has 0 aliphatic rings. The quantitative estimate of drug-likeness (QED) is 0.559. The highest BCUT2D eigenvalue weighted by Gasteiger charge is 1.95. The Kier molecular flexibility index (Phi) is 3.38. The largest absolute Gasteiger partial charge is 0.508 e. The van der Waals surface area contributed by atoms with Crippen molar-refractivity contribution in [3.63, 3.8) is 0 Å². The third kappa shape index (κ3) is 3.18. The fourth-order valence-corrected chi connectivity index (χ4v) is 1.36. The Labute approximate surface area is 103 Å². The summed E-state index contributed by atoms with van der Waals surface area (Å²) in [6.07, 6.45) is 1.56. The van der Waals surface area contributed by atoms with E-state index in [1.54, 1.807) is 37.4 Å². The number of benzene rings is 1. The number of H-pyrrole nitrogens is 1. The van der Waals surface area contributed by atoms with Gasteiger partial charge in [-0.2, -0.15) is 5.10 Å². The van der Waals surface area contributed by atoms with Crippen molar-refractivity contribution in [2.45, 2.75) is 6.92 Å².